The van der Waals surface area contributed by atoms with Crippen molar-refractivity contribution in [2.75, 3.05) is 0 Å². The molecule has 0 aliphatic heterocycles. The number of aliphatic hydroxyl groups is 1. The summed E-state index contributed by atoms with van der Waals surface area (Å²) >= 11 is 0. The molecular weight excluding hydrogens is 426 g/mol. The zero-order valence-electron chi connectivity index (χ0n) is 18.8. The van der Waals surface area contributed by atoms with Gasteiger partial charge >= 0.3 is 0 Å². The molecule has 9 heteroatoms. The van der Waals surface area contributed by atoms with E-state index < -0.39 is 17.7 Å². The Morgan fingerprint density at radius 1 is 1.12 bits per heavy atom. The van der Waals surface area contributed by atoms with Gasteiger partial charge in [-0.15, -0.1) is 0 Å². The molecule has 7 nitrogen and oxygen atoms in total. The molecule has 0 fully saturated rings. The normalized spacial score (nSPS) is 14.7. The van der Waals surface area contributed by atoms with Gasteiger partial charge in [0.15, 0.2) is 0 Å². The molecule has 0 aliphatic rings. The van der Waals surface area contributed by atoms with Crippen molar-refractivity contribution in [2.24, 2.45) is 11.5 Å². The van der Waals surface area contributed by atoms with Crippen LogP contribution in [0.4, 0.5) is 8.78 Å². The number of benzene rings is 1. The summed E-state index contributed by atoms with van der Waals surface area (Å²) in [5, 5.41) is 14.0. The van der Waals surface area contributed by atoms with E-state index >= 15 is 0 Å². The van der Waals surface area contributed by atoms with Crippen LogP contribution in [-0.2, 0) is 6.54 Å². The second kappa shape index (κ2) is 10.4. The van der Waals surface area contributed by atoms with E-state index in [9.17, 15) is 13.9 Å². The van der Waals surface area contributed by atoms with Gasteiger partial charge in [-0.1, -0.05) is 19.9 Å². The second-order valence-electron chi connectivity index (χ2n) is 7.85. The lowest BCUT2D eigenvalue weighted by molar-refractivity contribution is 0.168. The summed E-state index contributed by atoms with van der Waals surface area (Å²) in [6.07, 6.45) is 6.46. The fourth-order valence-electron chi connectivity index (χ4n) is 3.44. The summed E-state index contributed by atoms with van der Waals surface area (Å²) in [7, 11) is 0. The molecule has 0 bridgehead atoms. The number of rotatable bonds is 8. The van der Waals surface area contributed by atoms with E-state index in [-0.39, 0.29) is 17.2 Å². The zero-order chi connectivity index (χ0) is 24.1. The standard InChI is InChI=1S/C24H28F2N6O/c1-4-16(10-19(27)23-17(25)6-5-7-18(23)26)24(28)15(3)21-11-29-12-22(30-21)20-8-9-32(31-20)13-14(2)33/h5-12,14-15,33H,4,13,27-28H2,1-3H3/b19-10-,24-16-/t14-,15?/m0/s1. The zero-order valence-corrected chi connectivity index (χ0v) is 18.8. The highest BCUT2D eigenvalue weighted by Gasteiger charge is 2.17. The molecule has 2 aromatic heterocycles. The first-order valence-electron chi connectivity index (χ1n) is 10.6. The van der Waals surface area contributed by atoms with Gasteiger partial charge in [0.1, 0.15) is 23.0 Å². The first-order valence-corrected chi connectivity index (χ1v) is 10.6. The molecular formula is C24H28F2N6O. The Kier molecular flexibility index (Phi) is 7.55. The van der Waals surface area contributed by atoms with Crippen molar-refractivity contribution in [1.29, 1.82) is 0 Å². The van der Waals surface area contributed by atoms with Gasteiger partial charge in [-0.25, -0.2) is 13.8 Å². The fourth-order valence-corrected chi connectivity index (χ4v) is 3.44. The molecule has 1 unspecified atom stereocenters. The second-order valence-corrected chi connectivity index (χ2v) is 7.85. The molecule has 2 atom stereocenters. The molecule has 5 N–H and O–H groups in total. The third-order valence-corrected chi connectivity index (χ3v) is 5.25. The number of nitrogens with two attached hydrogens (primary N) is 2. The molecule has 0 aliphatic carbocycles. The Hall–Kier alpha value is -3.59. The highest BCUT2D eigenvalue weighted by atomic mass is 19.1. The SMILES string of the molecule is CCC(/C=C(\N)c1c(F)cccc1F)=C(/N)C(C)c1cncc(-c2ccn(C[C@H](C)O)n2)n1. The smallest absolute Gasteiger partial charge is 0.135 e. The van der Waals surface area contributed by atoms with Crippen LogP contribution in [0.3, 0.4) is 0 Å². The van der Waals surface area contributed by atoms with Crippen molar-refractivity contribution >= 4 is 5.70 Å². The van der Waals surface area contributed by atoms with Crippen LogP contribution in [0.5, 0.6) is 0 Å². The van der Waals surface area contributed by atoms with Crippen LogP contribution in [0.1, 0.15) is 44.4 Å². The van der Waals surface area contributed by atoms with Crippen LogP contribution < -0.4 is 11.5 Å². The van der Waals surface area contributed by atoms with E-state index in [1.54, 1.807) is 36.3 Å². The third kappa shape index (κ3) is 5.61. The van der Waals surface area contributed by atoms with Crippen LogP contribution in [0.15, 0.2) is 60.2 Å². The van der Waals surface area contributed by atoms with E-state index in [0.717, 1.165) is 12.1 Å². The first-order chi connectivity index (χ1) is 15.7. The molecule has 0 saturated carbocycles. The largest absolute Gasteiger partial charge is 0.401 e. The molecule has 174 valence electrons. The molecule has 0 amide bonds. The van der Waals surface area contributed by atoms with E-state index in [0.29, 0.717) is 41.3 Å². The van der Waals surface area contributed by atoms with Crippen molar-refractivity contribution < 1.29 is 13.9 Å². The molecule has 3 aromatic rings. The third-order valence-electron chi connectivity index (χ3n) is 5.25. The van der Waals surface area contributed by atoms with Crippen LogP contribution >= 0.6 is 0 Å². The molecule has 1 aromatic carbocycles. The summed E-state index contributed by atoms with van der Waals surface area (Å²) < 4.78 is 29.9. The number of aromatic nitrogens is 4. The molecule has 33 heavy (non-hydrogen) atoms. The number of hydrogen-bond donors (Lipinski definition) is 3. The summed E-state index contributed by atoms with van der Waals surface area (Å²) in [6, 6.07) is 5.39. The average molecular weight is 455 g/mol. The molecule has 0 radical (unpaired) electrons. The predicted octanol–water partition coefficient (Wildman–Crippen LogP) is 3.73. The van der Waals surface area contributed by atoms with Gasteiger partial charge in [0, 0.05) is 29.7 Å². The van der Waals surface area contributed by atoms with Crippen molar-refractivity contribution in [3.05, 3.63) is 83.1 Å². The Labute approximate surface area is 191 Å². The van der Waals surface area contributed by atoms with E-state index in [1.165, 1.54) is 12.1 Å². The first kappa shape index (κ1) is 24.1. The monoisotopic (exact) mass is 454 g/mol. The lowest BCUT2D eigenvalue weighted by Crippen LogP contribution is -2.13. The Morgan fingerprint density at radius 3 is 2.45 bits per heavy atom. The predicted molar refractivity (Wildman–Crippen MR) is 123 cm³/mol. The van der Waals surface area contributed by atoms with Gasteiger partial charge in [0.05, 0.1) is 30.1 Å². The maximum Gasteiger partial charge on any atom is 0.135 e. The lowest BCUT2D eigenvalue weighted by Gasteiger charge is -2.16. The number of nitrogens with zero attached hydrogens (tertiary/aromatic N) is 4. The lowest BCUT2D eigenvalue weighted by atomic mass is 9.96. The Morgan fingerprint density at radius 2 is 1.82 bits per heavy atom. The highest BCUT2D eigenvalue weighted by molar-refractivity contribution is 5.66. The van der Waals surface area contributed by atoms with Crippen LogP contribution in [-0.4, -0.2) is 31.0 Å². The molecule has 2 heterocycles. The minimum absolute atomic E-state index is 0.0407. The van der Waals surface area contributed by atoms with E-state index in [1.807, 2.05) is 13.8 Å². The van der Waals surface area contributed by atoms with E-state index in [2.05, 4.69) is 15.1 Å². The van der Waals surface area contributed by atoms with Crippen LogP contribution in [0, 0.1) is 11.6 Å². The van der Waals surface area contributed by atoms with Gasteiger partial charge in [-0.05, 0) is 43.2 Å². The number of allylic oxidation sites excluding steroid dienone is 3. The fraction of sp³-hybridized carbons (Fsp3) is 0.292. The van der Waals surface area contributed by atoms with Crippen molar-refractivity contribution in [2.45, 2.75) is 45.8 Å². The molecule has 0 spiro atoms. The maximum atomic E-state index is 14.1. The Balaban J connectivity index is 1.92. The van der Waals surface area contributed by atoms with Gasteiger partial charge in [0.2, 0.25) is 0 Å². The minimum atomic E-state index is -0.737. The molecule has 0 saturated heterocycles. The van der Waals surface area contributed by atoms with Crippen LogP contribution in [0.25, 0.3) is 17.1 Å². The number of halogens is 2. The van der Waals surface area contributed by atoms with Gasteiger partial charge in [-0.2, -0.15) is 5.10 Å². The van der Waals surface area contributed by atoms with Crippen LogP contribution in [0.2, 0.25) is 0 Å². The number of hydrogen-bond acceptors (Lipinski definition) is 6. The topological polar surface area (TPSA) is 116 Å². The van der Waals surface area contributed by atoms with Crippen molar-refractivity contribution in [3.63, 3.8) is 0 Å². The average Bonchev–Trinajstić information content (AvgIpc) is 3.24. The summed E-state index contributed by atoms with van der Waals surface area (Å²) in [4.78, 5) is 8.92. The summed E-state index contributed by atoms with van der Waals surface area (Å²) in [6.45, 7) is 5.81. The number of aliphatic hydroxyl groups excluding tert-OH is 1. The van der Waals surface area contributed by atoms with Gasteiger partial charge in [0.25, 0.3) is 0 Å². The Bertz CT molecular complexity index is 1160. The van der Waals surface area contributed by atoms with Gasteiger partial charge in [-0.3, -0.25) is 9.67 Å². The maximum absolute atomic E-state index is 14.1. The summed E-state index contributed by atoms with van der Waals surface area (Å²) in [5.41, 5.74) is 15.1. The quantitative estimate of drug-likeness (QED) is 0.447. The minimum Gasteiger partial charge on any atom is -0.401 e. The van der Waals surface area contributed by atoms with Crippen molar-refractivity contribution in [3.8, 4) is 11.4 Å². The molecule has 3 rings (SSSR count). The summed E-state index contributed by atoms with van der Waals surface area (Å²) in [5.74, 6) is -1.81. The van der Waals surface area contributed by atoms with Crippen molar-refractivity contribution in [1.82, 2.24) is 19.7 Å². The van der Waals surface area contributed by atoms with Gasteiger partial charge < -0.3 is 16.6 Å². The van der Waals surface area contributed by atoms with E-state index in [4.69, 9.17) is 11.5 Å². The highest BCUT2D eigenvalue weighted by Crippen LogP contribution is 2.27.